The molecular weight excluding hydrogens is 489 g/mol. The molecule has 1 aromatic carbocycles. The van der Waals surface area contributed by atoms with E-state index in [1.54, 1.807) is 51.7 Å². The van der Waals surface area contributed by atoms with Gasteiger partial charge in [-0.2, -0.15) is 17.6 Å². The molecule has 3 heterocycles. The van der Waals surface area contributed by atoms with E-state index in [1.807, 2.05) is 0 Å². The van der Waals surface area contributed by atoms with Gasteiger partial charge in [-0.3, -0.25) is 4.40 Å². The summed E-state index contributed by atoms with van der Waals surface area (Å²) in [7, 11) is -1.57. The van der Waals surface area contributed by atoms with Crippen LogP contribution in [0.25, 0.3) is 16.6 Å². The monoisotopic (exact) mass is 515 g/mol. The summed E-state index contributed by atoms with van der Waals surface area (Å²) in [6.07, 6.45) is -4.71. The van der Waals surface area contributed by atoms with Crippen LogP contribution in [0.5, 0.6) is 0 Å². The number of rotatable bonds is 3. The average Bonchev–Trinajstić information content (AvgIpc) is 3.18. The Bertz CT molecular complexity index is 1350. The van der Waals surface area contributed by atoms with Gasteiger partial charge in [0, 0.05) is 43.1 Å². The first-order chi connectivity index (χ1) is 16.1. The molecule has 190 valence electrons. The van der Waals surface area contributed by atoms with Crippen LogP contribution in [0.3, 0.4) is 0 Å². The number of imidazole rings is 1. The molecule has 4 rings (SSSR count). The van der Waals surface area contributed by atoms with Crippen LogP contribution in [0.4, 0.5) is 27.9 Å². The van der Waals surface area contributed by atoms with Crippen molar-refractivity contribution in [3.05, 3.63) is 35.2 Å². The van der Waals surface area contributed by atoms with Gasteiger partial charge in [0.05, 0.1) is 16.0 Å². The highest BCUT2D eigenvalue weighted by molar-refractivity contribution is 7.85. The number of piperidine rings is 1. The topological polar surface area (TPSA) is 62.9 Å². The van der Waals surface area contributed by atoms with Gasteiger partial charge in [-0.1, -0.05) is 0 Å². The molecule has 0 amide bonds. The minimum Gasteiger partial charge on any atom is -0.341 e. The largest absolute Gasteiger partial charge is 0.434 e. The lowest BCUT2D eigenvalue weighted by Gasteiger charge is -2.33. The molecule has 0 saturated carbocycles. The maximum absolute atomic E-state index is 13.8. The molecule has 0 unspecified atom stereocenters. The van der Waals surface area contributed by atoms with Gasteiger partial charge in [-0.25, -0.2) is 23.0 Å². The molecule has 0 bridgehead atoms. The summed E-state index contributed by atoms with van der Waals surface area (Å²) in [4.78, 5) is 10.1. The van der Waals surface area contributed by atoms with Crippen molar-refractivity contribution in [1.29, 1.82) is 0 Å². The number of aryl methyl sites for hydroxylation is 1. The average molecular weight is 516 g/mol. The van der Waals surface area contributed by atoms with Gasteiger partial charge in [-0.05, 0) is 52.3 Å². The standard InChI is InChI=1S/C23H26F5N5OS/c1-13-10-15(14(2)31-35(34)21(3,4)5)18-16(11-13)19-29-17(23(26,27)28)12-33(19)20(30-18)32-8-6-22(24,25)7-9-32/h10-12H,6-9H2,1-5H3/t35-/m1/s1. The quantitative estimate of drug-likeness (QED) is 0.331. The summed E-state index contributed by atoms with van der Waals surface area (Å²) in [5.41, 5.74) is 0.876. The van der Waals surface area contributed by atoms with Crippen LogP contribution >= 0.6 is 0 Å². The zero-order chi connectivity index (χ0) is 25.9. The van der Waals surface area contributed by atoms with E-state index in [0.717, 1.165) is 11.8 Å². The number of fused-ring (bicyclic) bond motifs is 3. The maximum Gasteiger partial charge on any atom is 0.434 e. The summed E-state index contributed by atoms with van der Waals surface area (Å²) in [5.74, 6) is -2.73. The van der Waals surface area contributed by atoms with Crippen molar-refractivity contribution in [2.24, 2.45) is 4.40 Å². The van der Waals surface area contributed by atoms with Crippen molar-refractivity contribution in [2.75, 3.05) is 18.0 Å². The number of nitrogens with zero attached hydrogens (tertiary/aromatic N) is 5. The Kier molecular flexibility index (Phi) is 6.18. The summed E-state index contributed by atoms with van der Waals surface area (Å²) in [6.45, 7) is 8.65. The third kappa shape index (κ3) is 5.03. The number of aromatic nitrogens is 3. The van der Waals surface area contributed by atoms with Gasteiger partial charge in [0.25, 0.3) is 5.92 Å². The Morgan fingerprint density at radius 3 is 2.31 bits per heavy atom. The molecule has 1 aliphatic rings. The predicted octanol–water partition coefficient (Wildman–Crippen LogP) is 5.72. The lowest BCUT2D eigenvalue weighted by atomic mass is 10.0. The Morgan fingerprint density at radius 1 is 1.11 bits per heavy atom. The highest BCUT2D eigenvalue weighted by Crippen LogP contribution is 2.36. The number of hydrogen-bond acceptors (Lipinski definition) is 4. The van der Waals surface area contributed by atoms with E-state index < -0.39 is 46.4 Å². The molecule has 0 spiro atoms. The summed E-state index contributed by atoms with van der Waals surface area (Å²) < 4.78 is 85.9. The van der Waals surface area contributed by atoms with Crippen LogP contribution in [0.1, 0.15) is 57.4 Å². The molecule has 6 nitrogen and oxygen atoms in total. The van der Waals surface area contributed by atoms with Crippen molar-refractivity contribution >= 4 is 39.2 Å². The first-order valence-electron chi connectivity index (χ1n) is 11.1. The van der Waals surface area contributed by atoms with Gasteiger partial charge in [-0.15, -0.1) is 0 Å². The van der Waals surface area contributed by atoms with Gasteiger partial charge in [0.2, 0.25) is 5.95 Å². The minimum atomic E-state index is -4.70. The zero-order valence-corrected chi connectivity index (χ0v) is 20.8. The van der Waals surface area contributed by atoms with Crippen LogP contribution in [0, 0.1) is 6.92 Å². The second kappa shape index (κ2) is 8.49. The second-order valence-electron chi connectivity index (χ2n) is 9.82. The molecule has 0 radical (unpaired) electrons. The predicted molar refractivity (Wildman–Crippen MR) is 127 cm³/mol. The fraction of sp³-hybridized carbons (Fsp3) is 0.522. The lowest BCUT2D eigenvalue weighted by molar-refractivity contribution is -0.140. The van der Waals surface area contributed by atoms with Crippen molar-refractivity contribution in [3.8, 4) is 0 Å². The SMILES string of the molecule is CC(=N[S@](=O)C(C)(C)C)c1cc(C)cc2c1nc(N1CCC(F)(F)CC1)n1cc(C(F)(F)F)nc21. The molecule has 12 heteroatoms. The van der Waals surface area contributed by atoms with Gasteiger partial charge < -0.3 is 4.90 Å². The lowest BCUT2D eigenvalue weighted by Crippen LogP contribution is -2.40. The summed E-state index contributed by atoms with van der Waals surface area (Å²) in [5, 5.41) is 0.359. The van der Waals surface area contributed by atoms with Crippen molar-refractivity contribution < 1.29 is 26.2 Å². The van der Waals surface area contributed by atoms with E-state index in [9.17, 15) is 26.2 Å². The van der Waals surface area contributed by atoms with E-state index in [1.165, 1.54) is 4.40 Å². The molecule has 1 aliphatic heterocycles. The van der Waals surface area contributed by atoms with Gasteiger partial charge in [0.15, 0.2) is 5.69 Å². The van der Waals surface area contributed by atoms with Crippen molar-refractivity contribution in [1.82, 2.24) is 14.4 Å². The molecular formula is C23H26F5N5OS. The normalized spacial score (nSPS) is 18.5. The first-order valence-corrected chi connectivity index (χ1v) is 12.2. The number of hydrogen-bond donors (Lipinski definition) is 0. The van der Waals surface area contributed by atoms with Crippen LogP contribution in [-0.2, 0) is 17.2 Å². The van der Waals surface area contributed by atoms with Crippen molar-refractivity contribution in [2.45, 2.75) is 64.3 Å². The molecule has 1 atom stereocenters. The molecule has 35 heavy (non-hydrogen) atoms. The molecule has 0 N–H and O–H groups in total. The highest BCUT2D eigenvalue weighted by atomic mass is 32.2. The maximum atomic E-state index is 13.8. The fourth-order valence-corrected chi connectivity index (χ4v) is 4.55. The van der Waals surface area contributed by atoms with Crippen LogP contribution in [0.15, 0.2) is 22.7 Å². The third-order valence-electron chi connectivity index (χ3n) is 5.83. The van der Waals surface area contributed by atoms with Crippen LogP contribution in [-0.4, -0.2) is 48.0 Å². The Hall–Kier alpha value is -2.63. The van der Waals surface area contributed by atoms with Gasteiger partial charge >= 0.3 is 6.18 Å². The Labute approximate surface area is 201 Å². The van der Waals surface area contributed by atoms with Crippen LogP contribution < -0.4 is 4.90 Å². The van der Waals surface area contributed by atoms with E-state index in [4.69, 9.17) is 0 Å². The number of benzene rings is 1. The Morgan fingerprint density at radius 2 is 1.74 bits per heavy atom. The third-order valence-corrected chi connectivity index (χ3v) is 7.32. The number of halogens is 5. The number of alkyl halides is 5. The fourth-order valence-electron chi connectivity index (χ4n) is 3.93. The van der Waals surface area contributed by atoms with E-state index >= 15 is 0 Å². The first kappa shape index (κ1) is 25.5. The molecule has 1 fully saturated rings. The van der Waals surface area contributed by atoms with Gasteiger partial charge in [0.1, 0.15) is 16.6 Å². The highest BCUT2D eigenvalue weighted by Gasteiger charge is 2.37. The van der Waals surface area contributed by atoms with Crippen LogP contribution in [0.2, 0.25) is 0 Å². The summed E-state index contributed by atoms with van der Waals surface area (Å²) >= 11 is 0. The molecule has 0 aliphatic carbocycles. The molecule has 1 saturated heterocycles. The van der Waals surface area contributed by atoms with E-state index in [0.29, 0.717) is 22.2 Å². The summed E-state index contributed by atoms with van der Waals surface area (Å²) in [6, 6.07) is 3.45. The minimum absolute atomic E-state index is 0.0179. The Balaban J connectivity index is 2.00. The van der Waals surface area contributed by atoms with E-state index in [-0.39, 0.29) is 24.7 Å². The molecule has 2 aromatic heterocycles. The molecule has 3 aromatic rings. The smallest absolute Gasteiger partial charge is 0.341 e. The van der Waals surface area contributed by atoms with E-state index in [2.05, 4.69) is 14.4 Å². The van der Waals surface area contributed by atoms with Crippen molar-refractivity contribution in [3.63, 3.8) is 0 Å². The zero-order valence-electron chi connectivity index (χ0n) is 20.0. The second-order valence-corrected chi connectivity index (χ2v) is 11.7. The number of anilines is 1.